The molecule has 2 atom stereocenters. The van der Waals surface area contributed by atoms with Crippen LogP contribution in [0.3, 0.4) is 0 Å². The van der Waals surface area contributed by atoms with Crippen molar-refractivity contribution in [1.82, 2.24) is 0 Å². The zero-order valence-corrected chi connectivity index (χ0v) is 8.27. The van der Waals surface area contributed by atoms with Crippen molar-refractivity contribution in [3.63, 3.8) is 0 Å². The minimum atomic E-state index is -2.59. The number of methoxy groups -OCH3 is 1. The molecule has 0 aromatic carbocycles. The van der Waals surface area contributed by atoms with E-state index in [9.17, 15) is 17.8 Å². The Labute approximate surface area is 77.9 Å². The molecular weight excluding hydrogens is 202 g/mol. The van der Waals surface area contributed by atoms with Crippen LogP contribution in [0.25, 0.3) is 0 Å². The first-order valence-corrected chi connectivity index (χ1v) is 5.17. The zero-order valence-electron chi connectivity index (χ0n) is 7.46. The molecule has 0 spiro atoms. The maximum atomic E-state index is 11.7. The second kappa shape index (κ2) is 6.01. The van der Waals surface area contributed by atoms with Gasteiger partial charge >= 0.3 is 5.97 Å². The summed E-state index contributed by atoms with van der Waals surface area (Å²) in [6.45, 7) is 1.50. The summed E-state index contributed by atoms with van der Waals surface area (Å²) in [5.41, 5.74) is 0. The number of alkyl halides is 2. The monoisotopic (exact) mass is 214 g/mol. The Morgan fingerprint density at radius 1 is 1.46 bits per heavy atom. The van der Waals surface area contributed by atoms with Crippen molar-refractivity contribution < 1.29 is 22.5 Å². The van der Waals surface area contributed by atoms with E-state index in [2.05, 4.69) is 4.74 Å². The van der Waals surface area contributed by atoms with Crippen LogP contribution in [0.2, 0.25) is 0 Å². The zero-order chi connectivity index (χ0) is 10.4. The summed E-state index contributed by atoms with van der Waals surface area (Å²) >= 11 is 0. The van der Waals surface area contributed by atoms with Gasteiger partial charge in [-0.25, -0.2) is 8.78 Å². The van der Waals surface area contributed by atoms with Crippen LogP contribution in [-0.4, -0.2) is 35.2 Å². The molecule has 0 aliphatic carbocycles. The smallest absolute Gasteiger partial charge is 0.309 e. The average molecular weight is 214 g/mol. The van der Waals surface area contributed by atoms with Gasteiger partial charge in [-0.3, -0.25) is 9.00 Å². The number of rotatable bonds is 5. The van der Waals surface area contributed by atoms with Crippen molar-refractivity contribution >= 4 is 16.8 Å². The van der Waals surface area contributed by atoms with E-state index in [-0.39, 0.29) is 5.75 Å². The predicted molar refractivity (Wildman–Crippen MR) is 45.1 cm³/mol. The number of halogens is 2. The molecule has 0 amide bonds. The summed E-state index contributed by atoms with van der Waals surface area (Å²) in [6, 6.07) is 0. The van der Waals surface area contributed by atoms with Gasteiger partial charge in [-0.05, 0) is 0 Å². The Balaban J connectivity index is 3.85. The lowest BCUT2D eigenvalue weighted by molar-refractivity contribution is -0.144. The lowest BCUT2D eigenvalue weighted by Crippen LogP contribution is -2.22. The number of hydrogen-bond donors (Lipinski definition) is 0. The van der Waals surface area contributed by atoms with E-state index in [4.69, 9.17) is 0 Å². The number of carbonyl (C=O) groups is 1. The lowest BCUT2D eigenvalue weighted by Gasteiger charge is -2.07. The van der Waals surface area contributed by atoms with Crippen molar-refractivity contribution in [3.8, 4) is 0 Å². The van der Waals surface area contributed by atoms with Crippen LogP contribution in [0.4, 0.5) is 8.78 Å². The van der Waals surface area contributed by atoms with E-state index in [0.717, 1.165) is 0 Å². The normalized spacial score (nSPS) is 15.5. The highest BCUT2D eigenvalue weighted by atomic mass is 32.2. The van der Waals surface area contributed by atoms with E-state index in [0.29, 0.717) is 0 Å². The maximum absolute atomic E-state index is 11.7. The minimum absolute atomic E-state index is 0.0724. The third-order valence-electron chi connectivity index (χ3n) is 1.35. The molecular formula is C7H12F2O3S. The summed E-state index contributed by atoms with van der Waals surface area (Å²) in [4.78, 5) is 10.8. The maximum Gasteiger partial charge on any atom is 0.309 e. The molecule has 3 nitrogen and oxygen atoms in total. The van der Waals surface area contributed by atoms with Gasteiger partial charge in [-0.1, -0.05) is 6.92 Å². The Hall–Kier alpha value is -0.520. The van der Waals surface area contributed by atoms with Gasteiger partial charge in [0.1, 0.15) is 0 Å². The summed E-state index contributed by atoms with van der Waals surface area (Å²) < 4.78 is 38.7. The first-order chi connectivity index (χ1) is 5.97. The van der Waals surface area contributed by atoms with Gasteiger partial charge in [0.05, 0.1) is 18.8 Å². The van der Waals surface area contributed by atoms with Crippen LogP contribution >= 0.6 is 0 Å². The fourth-order valence-electron chi connectivity index (χ4n) is 0.757. The third-order valence-corrected chi connectivity index (χ3v) is 2.85. The van der Waals surface area contributed by atoms with Gasteiger partial charge in [0.15, 0.2) is 0 Å². The highest BCUT2D eigenvalue weighted by molar-refractivity contribution is 7.85. The van der Waals surface area contributed by atoms with Crippen LogP contribution in [0.1, 0.15) is 6.92 Å². The van der Waals surface area contributed by atoms with Crippen molar-refractivity contribution in [2.24, 2.45) is 5.92 Å². The molecule has 0 fully saturated rings. The molecule has 6 heteroatoms. The lowest BCUT2D eigenvalue weighted by atomic mass is 10.2. The molecule has 0 aromatic heterocycles. The SMILES string of the molecule is COC(=O)C(C)CS(=O)CC(F)F. The molecule has 0 aromatic rings. The van der Waals surface area contributed by atoms with E-state index >= 15 is 0 Å². The quantitative estimate of drug-likeness (QED) is 0.636. The third kappa shape index (κ3) is 5.68. The molecule has 78 valence electrons. The molecule has 0 saturated heterocycles. The van der Waals surface area contributed by atoms with Crippen molar-refractivity contribution in [1.29, 1.82) is 0 Å². The number of carbonyl (C=O) groups excluding carboxylic acids is 1. The largest absolute Gasteiger partial charge is 0.469 e. The number of hydrogen-bond acceptors (Lipinski definition) is 3. The van der Waals surface area contributed by atoms with Crippen molar-refractivity contribution in [2.45, 2.75) is 13.3 Å². The second-order valence-corrected chi connectivity index (χ2v) is 4.13. The van der Waals surface area contributed by atoms with E-state index in [1.165, 1.54) is 14.0 Å². The fourth-order valence-corrected chi connectivity index (χ4v) is 1.87. The standard InChI is InChI=1S/C7H12F2O3S/c1-5(7(10)12-2)3-13(11)4-6(8)9/h5-6H,3-4H2,1-2H3. The molecule has 0 bridgehead atoms. The highest BCUT2D eigenvalue weighted by Crippen LogP contribution is 2.03. The molecule has 0 rings (SSSR count). The second-order valence-electron chi connectivity index (χ2n) is 2.59. The van der Waals surface area contributed by atoms with Crippen LogP contribution in [-0.2, 0) is 20.3 Å². The fraction of sp³-hybridized carbons (Fsp3) is 0.857. The van der Waals surface area contributed by atoms with E-state index < -0.39 is 34.9 Å². The molecule has 13 heavy (non-hydrogen) atoms. The summed E-state index contributed by atoms with van der Waals surface area (Å²) in [7, 11) is -0.450. The molecule has 0 radical (unpaired) electrons. The topological polar surface area (TPSA) is 43.4 Å². The molecule has 0 aliphatic rings. The molecule has 0 N–H and O–H groups in total. The van der Waals surface area contributed by atoms with Crippen LogP contribution in [0.15, 0.2) is 0 Å². The van der Waals surface area contributed by atoms with Gasteiger partial charge in [0.2, 0.25) is 6.43 Å². The molecule has 0 aliphatic heterocycles. The van der Waals surface area contributed by atoms with Crippen molar-refractivity contribution in [3.05, 3.63) is 0 Å². The number of esters is 1. The van der Waals surface area contributed by atoms with Gasteiger partial charge in [0.25, 0.3) is 0 Å². The highest BCUT2D eigenvalue weighted by Gasteiger charge is 2.18. The number of ether oxygens (including phenoxy) is 1. The molecule has 0 heterocycles. The molecule has 2 unspecified atom stereocenters. The van der Waals surface area contributed by atoms with Gasteiger partial charge in [-0.2, -0.15) is 0 Å². The van der Waals surface area contributed by atoms with Gasteiger partial charge < -0.3 is 4.74 Å². The Morgan fingerprint density at radius 3 is 2.38 bits per heavy atom. The van der Waals surface area contributed by atoms with Gasteiger partial charge in [-0.15, -0.1) is 0 Å². The summed E-state index contributed by atoms with van der Waals surface area (Å²) in [5, 5.41) is 0. The average Bonchev–Trinajstić information content (AvgIpc) is 2.01. The first kappa shape index (κ1) is 12.5. The van der Waals surface area contributed by atoms with E-state index in [1.807, 2.05) is 0 Å². The predicted octanol–water partition coefficient (Wildman–Crippen LogP) is 0.809. The minimum Gasteiger partial charge on any atom is -0.469 e. The van der Waals surface area contributed by atoms with Crippen LogP contribution in [0, 0.1) is 5.92 Å². The molecule has 0 saturated carbocycles. The Kier molecular flexibility index (Phi) is 5.77. The Bertz CT molecular complexity index is 196. The first-order valence-electron chi connectivity index (χ1n) is 3.68. The summed E-state index contributed by atoms with van der Waals surface area (Å²) in [5.74, 6) is -1.87. The van der Waals surface area contributed by atoms with E-state index in [1.54, 1.807) is 0 Å². The van der Waals surface area contributed by atoms with Crippen LogP contribution < -0.4 is 0 Å². The summed E-state index contributed by atoms with van der Waals surface area (Å²) in [6.07, 6.45) is -2.59. The van der Waals surface area contributed by atoms with Crippen molar-refractivity contribution in [2.75, 3.05) is 18.6 Å². The van der Waals surface area contributed by atoms with Gasteiger partial charge in [0, 0.05) is 16.6 Å². The van der Waals surface area contributed by atoms with Crippen LogP contribution in [0.5, 0.6) is 0 Å². The Morgan fingerprint density at radius 2 is 2.00 bits per heavy atom.